The van der Waals surface area contributed by atoms with Crippen LogP contribution in [0.4, 0.5) is 5.88 Å². The normalized spacial score (nSPS) is 12.0. The third-order valence-electron chi connectivity index (χ3n) is 5.33. The molecule has 0 saturated carbocycles. The third kappa shape index (κ3) is 4.58. The largest absolute Gasteiger partial charge is 0.444 e. The highest BCUT2D eigenvalue weighted by molar-refractivity contribution is 7.99. The number of aromatic nitrogens is 4. The van der Waals surface area contributed by atoms with E-state index in [9.17, 15) is 18.0 Å². The number of unbranched alkanes of at least 4 members (excludes halogenated alkanes) is 1. The number of anilines is 1. The van der Waals surface area contributed by atoms with E-state index in [-0.39, 0.29) is 27.8 Å². The van der Waals surface area contributed by atoms with Crippen molar-refractivity contribution in [2.24, 2.45) is 5.14 Å². The summed E-state index contributed by atoms with van der Waals surface area (Å²) in [6, 6.07) is 4.54. The maximum atomic E-state index is 12.7. The number of amides is 1. The number of carbonyl (C=O) groups is 1. The fraction of sp³-hybridized carbons (Fsp3) is 0.333. The van der Waals surface area contributed by atoms with Gasteiger partial charge < -0.3 is 8.98 Å². The van der Waals surface area contributed by atoms with Crippen molar-refractivity contribution in [1.29, 1.82) is 0 Å². The summed E-state index contributed by atoms with van der Waals surface area (Å²) in [5.74, 6) is 0.179. The van der Waals surface area contributed by atoms with Gasteiger partial charge in [0.1, 0.15) is 11.1 Å². The molecular weight excluding hydrogens is 480 g/mol. The molecule has 0 radical (unpaired) electrons. The smallest absolute Gasteiger partial charge is 0.277 e. The van der Waals surface area contributed by atoms with Crippen LogP contribution in [0.2, 0.25) is 0 Å². The minimum absolute atomic E-state index is 0.000697. The zero-order chi connectivity index (χ0) is 24.6. The van der Waals surface area contributed by atoms with Crippen LogP contribution in [0.3, 0.4) is 0 Å². The molecule has 0 aliphatic heterocycles. The highest BCUT2D eigenvalue weighted by Crippen LogP contribution is 2.30. The summed E-state index contributed by atoms with van der Waals surface area (Å²) in [7, 11) is -3.86. The number of nitrogens with zero attached hydrogens (tertiary/aromatic N) is 3. The van der Waals surface area contributed by atoms with Gasteiger partial charge in [0.2, 0.25) is 21.8 Å². The number of aromatic amines is 1. The average Bonchev–Trinajstić information content (AvgIpc) is 3.29. The first-order chi connectivity index (χ1) is 16.1. The maximum Gasteiger partial charge on any atom is 0.277 e. The number of nitrogens with two attached hydrogens (primary N) is 1. The molecule has 180 valence electrons. The average molecular weight is 505 g/mol. The van der Waals surface area contributed by atoms with Crippen LogP contribution in [0.1, 0.15) is 31.2 Å². The lowest BCUT2D eigenvalue weighted by Crippen LogP contribution is -2.17. The van der Waals surface area contributed by atoms with E-state index in [2.05, 4.69) is 27.4 Å². The van der Waals surface area contributed by atoms with Crippen LogP contribution in [-0.2, 0) is 21.4 Å². The fourth-order valence-corrected chi connectivity index (χ4v) is 5.11. The maximum absolute atomic E-state index is 12.7. The Morgan fingerprint density at radius 2 is 2.06 bits per heavy atom. The second-order valence-corrected chi connectivity index (χ2v) is 10.3. The third-order valence-corrected chi connectivity index (χ3v) is 7.22. The number of carbonyl (C=O) groups excluding carboxylic acids is 1. The van der Waals surface area contributed by atoms with E-state index in [1.807, 2.05) is 4.57 Å². The van der Waals surface area contributed by atoms with Gasteiger partial charge in [-0.1, -0.05) is 25.1 Å². The highest BCUT2D eigenvalue weighted by atomic mass is 32.2. The molecule has 3 aromatic heterocycles. The van der Waals surface area contributed by atoms with Gasteiger partial charge in [-0.3, -0.25) is 14.9 Å². The van der Waals surface area contributed by atoms with E-state index in [0.717, 1.165) is 18.4 Å². The molecule has 0 fully saturated rings. The van der Waals surface area contributed by atoms with Crippen LogP contribution >= 0.6 is 11.8 Å². The molecule has 4 aromatic rings. The molecule has 0 spiro atoms. The molecule has 4 rings (SSSR count). The van der Waals surface area contributed by atoms with Crippen molar-refractivity contribution in [3.8, 4) is 0 Å². The number of nitrogens with one attached hydrogen (secondary N) is 2. The number of H-pyrrole nitrogens is 1. The lowest BCUT2D eigenvalue weighted by molar-refractivity contribution is -0.113. The first-order valence-electron chi connectivity index (χ1n) is 10.5. The van der Waals surface area contributed by atoms with E-state index >= 15 is 0 Å². The predicted molar refractivity (Wildman–Crippen MR) is 129 cm³/mol. The Morgan fingerprint density at radius 1 is 1.29 bits per heavy atom. The Morgan fingerprint density at radius 3 is 2.76 bits per heavy atom. The van der Waals surface area contributed by atoms with Gasteiger partial charge in [-0.15, -0.1) is 0 Å². The Labute approximate surface area is 199 Å². The van der Waals surface area contributed by atoms with Crippen LogP contribution in [0.25, 0.3) is 21.8 Å². The number of primary sulfonamides is 1. The van der Waals surface area contributed by atoms with Gasteiger partial charge >= 0.3 is 0 Å². The summed E-state index contributed by atoms with van der Waals surface area (Å²) in [5, 5.41) is 15.6. The van der Waals surface area contributed by atoms with E-state index in [1.54, 1.807) is 19.9 Å². The standard InChI is InChI=1S/C21H24N6O5S2/c1-4-5-8-27-15-7-6-13(34(22,30)31)9-14(15)23-21(27)33-10-16(28)24-20-18-17(12(3)32-20)11(2)25-26-19(18)29/h6-7,9H,4-5,8,10H2,1-3H3,(H,24,28)(H,26,29)(H2,22,30,31). The number of thioether (sulfide) groups is 1. The summed E-state index contributed by atoms with van der Waals surface area (Å²) >= 11 is 1.20. The molecule has 0 atom stereocenters. The minimum atomic E-state index is -3.86. The van der Waals surface area contributed by atoms with E-state index in [1.165, 1.54) is 23.9 Å². The highest BCUT2D eigenvalue weighted by Gasteiger charge is 2.20. The zero-order valence-electron chi connectivity index (χ0n) is 18.8. The number of aryl methyl sites for hydroxylation is 3. The summed E-state index contributed by atoms with van der Waals surface area (Å²) in [5.41, 5.74) is 1.38. The van der Waals surface area contributed by atoms with Crippen molar-refractivity contribution in [2.75, 3.05) is 11.1 Å². The number of furan rings is 1. The van der Waals surface area contributed by atoms with Crippen molar-refractivity contribution >= 4 is 55.4 Å². The van der Waals surface area contributed by atoms with Gasteiger partial charge in [-0.25, -0.2) is 23.6 Å². The number of imidazole rings is 1. The van der Waals surface area contributed by atoms with Crippen LogP contribution in [0.5, 0.6) is 0 Å². The van der Waals surface area contributed by atoms with Gasteiger partial charge in [0.05, 0.1) is 32.8 Å². The Kier molecular flexibility index (Phi) is 6.51. The van der Waals surface area contributed by atoms with Gasteiger partial charge in [0.25, 0.3) is 5.56 Å². The van der Waals surface area contributed by atoms with Crippen molar-refractivity contribution in [3.05, 3.63) is 40.0 Å². The lowest BCUT2D eigenvalue weighted by atomic mass is 10.2. The SMILES string of the molecule is CCCCn1c(SCC(=O)Nc2oc(C)c3c(C)n[nH]c(=O)c23)nc2cc(S(N)(=O)=O)ccc21. The second kappa shape index (κ2) is 9.24. The summed E-state index contributed by atoms with van der Waals surface area (Å²) in [6.07, 6.45) is 1.84. The molecule has 0 bridgehead atoms. The quantitative estimate of drug-likeness (QED) is 0.308. The molecule has 13 heteroatoms. The molecule has 34 heavy (non-hydrogen) atoms. The molecule has 1 amide bonds. The zero-order valence-corrected chi connectivity index (χ0v) is 20.5. The van der Waals surface area contributed by atoms with Gasteiger partial charge in [0.15, 0.2) is 5.16 Å². The predicted octanol–water partition coefficient (Wildman–Crippen LogP) is 2.66. The van der Waals surface area contributed by atoms with E-state index in [4.69, 9.17) is 9.56 Å². The monoisotopic (exact) mass is 504 g/mol. The van der Waals surface area contributed by atoms with Gasteiger partial charge in [-0.2, -0.15) is 5.10 Å². The fourth-order valence-electron chi connectivity index (χ4n) is 3.73. The van der Waals surface area contributed by atoms with Crippen molar-refractivity contribution in [1.82, 2.24) is 19.7 Å². The van der Waals surface area contributed by atoms with Crippen LogP contribution in [0, 0.1) is 13.8 Å². The minimum Gasteiger partial charge on any atom is -0.444 e. The molecule has 4 N–H and O–H groups in total. The molecule has 11 nitrogen and oxygen atoms in total. The van der Waals surface area contributed by atoms with Crippen molar-refractivity contribution < 1.29 is 17.6 Å². The molecule has 0 saturated heterocycles. The number of sulfonamides is 1. The number of hydrogen-bond donors (Lipinski definition) is 3. The molecular formula is C21H24N6O5S2. The van der Waals surface area contributed by atoms with Crippen molar-refractivity contribution in [2.45, 2.75) is 50.2 Å². The first-order valence-corrected chi connectivity index (χ1v) is 13.1. The Bertz CT molecular complexity index is 1570. The van der Waals surface area contributed by atoms with E-state index in [0.29, 0.717) is 34.1 Å². The molecule has 0 unspecified atom stereocenters. The Hall–Kier alpha value is -3.16. The Balaban J connectivity index is 1.59. The van der Waals surface area contributed by atoms with Crippen molar-refractivity contribution in [3.63, 3.8) is 0 Å². The van der Waals surface area contributed by atoms with Gasteiger partial charge in [0, 0.05) is 6.54 Å². The summed E-state index contributed by atoms with van der Waals surface area (Å²) < 4.78 is 31.0. The summed E-state index contributed by atoms with van der Waals surface area (Å²) in [4.78, 5) is 29.5. The number of benzene rings is 1. The molecule has 1 aromatic carbocycles. The lowest BCUT2D eigenvalue weighted by Gasteiger charge is -2.08. The number of fused-ring (bicyclic) bond motifs is 2. The molecule has 0 aliphatic carbocycles. The second-order valence-electron chi connectivity index (χ2n) is 7.81. The van der Waals surface area contributed by atoms with Crippen LogP contribution in [0.15, 0.2) is 37.5 Å². The van der Waals surface area contributed by atoms with Crippen LogP contribution < -0.4 is 16.0 Å². The topological polar surface area (TPSA) is 166 Å². The van der Waals surface area contributed by atoms with Gasteiger partial charge in [-0.05, 0) is 38.5 Å². The van der Waals surface area contributed by atoms with E-state index < -0.39 is 15.6 Å². The summed E-state index contributed by atoms with van der Waals surface area (Å²) in [6.45, 7) is 6.17. The van der Waals surface area contributed by atoms with Crippen LogP contribution in [-0.4, -0.2) is 39.8 Å². The first kappa shape index (κ1) is 24.0. The number of rotatable bonds is 8. The molecule has 3 heterocycles. The number of hydrogen-bond acceptors (Lipinski definition) is 8. The molecule has 0 aliphatic rings.